The quantitative estimate of drug-likeness (QED) is 0.154. The monoisotopic (exact) mass is 644 g/mol. The molecule has 0 radical (unpaired) electrons. The summed E-state index contributed by atoms with van der Waals surface area (Å²) in [5.74, 6) is -2.88. The number of nitrogens with one attached hydrogen (secondary N) is 4. The van der Waals surface area contributed by atoms with E-state index in [1.165, 1.54) is 4.68 Å². The fourth-order valence-electron chi connectivity index (χ4n) is 4.33. The maximum atomic E-state index is 13.3. The normalized spacial score (nSPS) is 15.3. The maximum Gasteiger partial charge on any atom is 0.408 e. The molecule has 14 nitrogen and oxygen atoms in total. The zero-order valence-corrected chi connectivity index (χ0v) is 28.2. The number of nitrogens with zero attached hydrogens (tertiary/aromatic N) is 2. The number of amides is 4. The van der Waals surface area contributed by atoms with Gasteiger partial charge in [0, 0.05) is 32.0 Å². The van der Waals surface area contributed by atoms with E-state index < -0.39 is 63.6 Å². The molecule has 0 aliphatic carbocycles. The van der Waals surface area contributed by atoms with E-state index in [0.29, 0.717) is 18.7 Å². The van der Waals surface area contributed by atoms with E-state index in [1.807, 2.05) is 41.5 Å². The van der Waals surface area contributed by atoms with E-state index in [1.54, 1.807) is 26.2 Å². The van der Waals surface area contributed by atoms with Crippen molar-refractivity contribution >= 4 is 33.7 Å². The van der Waals surface area contributed by atoms with Crippen molar-refractivity contribution in [2.45, 2.75) is 92.1 Å². The molecule has 0 unspecified atom stereocenters. The number of aliphatic hydroxyl groups excluding tert-OH is 1. The molecule has 15 heteroatoms. The van der Waals surface area contributed by atoms with Crippen LogP contribution in [0.4, 0.5) is 4.79 Å². The van der Waals surface area contributed by atoms with Gasteiger partial charge in [-0.1, -0.05) is 48.5 Å². The summed E-state index contributed by atoms with van der Waals surface area (Å²) in [5, 5.41) is 25.8. The summed E-state index contributed by atoms with van der Waals surface area (Å²) in [5.41, 5.74) is 0.459. The third-order valence-corrected chi connectivity index (χ3v) is 7.63. The number of rotatable bonds is 18. The van der Waals surface area contributed by atoms with E-state index in [0.717, 1.165) is 6.26 Å². The average molecular weight is 645 g/mol. The Morgan fingerprint density at radius 2 is 1.57 bits per heavy atom. The minimum atomic E-state index is -3.72. The summed E-state index contributed by atoms with van der Waals surface area (Å²) < 4.78 is 30.8. The number of carbonyl (C=O) groups excluding carboxylic acids is 4. The molecule has 0 saturated carbocycles. The highest BCUT2D eigenvalue weighted by Crippen LogP contribution is 2.17. The van der Waals surface area contributed by atoms with Crippen molar-refractivity contribution in [1.29, 1.82) is 0 Å². The van der Waals surface area contributed by atoms with Crippen molar-refractivity contribution in [3.8, 4) is 0 Å². The summed E-state index contributed by atoms with van der Waals surface area (Å²) in [6, 6.07) is -1.48. The minimum absolute atomic E-state index is 0.0127. The molecule has 1 aromatic heterocycles. The van der Waals surface area contributed by atoms with Crippen molar-refractivity contribution in [3.05, 3.63) is 18.0 Å². The molecular formula is C29H52N6O8S. The summed E-state index contributed by atoms with van der Waals surface area (Å²) in [6.07, 6.45) is 0.658. The SMILES string of the molecule is CC(C)CNC(=O)[C@@H](NC(=O)[C@H](C)C[C@H](O)[C@H](CC(C)C)NC(=O)[C@H](CS(C)(=O)=O)NC(=O)OCc1ccn(C)n1)C(C)C. The van der Waals surface area contributed by atoms with Crippen LogP contribution >= 0.6 is 0 Å². The first-order valence-corrected chi connectivity index (χ1v) is 17.0. The second-order valence-corrected chi connectivity index (χ2v) is 14.8. The average Bonchev–Trinajstić information content (AvgIpc) is 3.31. The predicted molar refractivity (Wildman–Crippen MR) is 166 cm³/mol. The van der Waals surface area contributed by atoms with Gasteiger partial charge in [-0.3, -0.25) is 19.1 Å². The number of aliphatic hydroxyl groups is 1. The summed E-state index contributed by atoms with van der Waals surface area (Å²) >= 11 is 0. The van der Waals surface area contributed by atoms with E-state index >= 15 is 0 Å². The summed E-state index contributed by atoms with van der Waals surface area (Å²) in [6.45, 7) is 13.2. The molecule has 0 aliphatic heterocycles. The van der Waals surface area contributed by atoms with Crippen LogP contribution in [0.2, 0.25) is 0 Å². The smallest absolute Gasteiger partial charge is 0.408 e. The van der Waals surface area contributed by atoms with Gasteiger partial charge >= 0.3 is 6.09 Å². The molecule has 1 aromatic rings. The lowest BCUT2D eigenvalue weighted by Crippen LogP contribution is -2.55. The lowest BCUT2D eigenvalue weighted by atomic mass is 9.91. The van der Waals surface area contributed by atoms with Crippen LogP contribution in [0.5, 0.6) is 0 Å². The summed E-state index contributed by atoms with van der Waals surface area (Å²) in [7, 11) is -2.02. The van der Waals surface area contributed by atoms with Crippen molar-refractivity contribution < 1.29 is 37.4 Å². The summed E-state index contributed by atoms with van der Waals surface area (Å²) in [4.78, 5) is 51.4. The Kier molecular flexibility index (Phi) is 15.8. The number of hydrogen-bond acceptors (Lipinski definition) is 9. The molecule has 0 aromatic carbocycles. The zero-order chi connectivity index (χ0) is 33.8. The topological polar surface area (TPSA) is 198 Å². The van der Waals surface area contributed by atoms with Crippen LogP contribution in [0.3, 0.4) is 0 Å². The molecular weight excluding hydrogens is 592 g/mol. The van der Waals surface area contributed by atoms with Gasteiger partial charge in [-0.15, -0.1) is 0 Å². The molecule has 4 amide bonds. The van der Waals surface area contributed by atoms with Crippen LogP contribution < -0.4 is 21.3 Å². The first-order chi connectivity index (χ1) is 20.3. The third-order valence-electron chi connectivity index (χ3n) is 6.69. The predicted octanol–water partition coefficient (Wildman–Crippen LogP) is 0.891. The van der Waals surface area contributed by atoms with E-state index in [9.17, 15) is 32.7 Å². The van der Waals surface area contributed by atoms with Crippen LogP contribution in [-0.4, -0.2) is 89.9 Å². The number of hydrogen-bond donors (Lipinski definition) is 5. The van der Waals surface area contributed by atoms with Crippen molar-refractivity contribution in [3.63, 3.8) is 0 Å². The van der Waals surface area contributed by atoms with Crippen LogP contribution in [-0.2, 0) is 42.6 Å². The molecule has 0 fully saturated rings. The Morgan fingerprint density at radius 3 is 2.07 bits per heavy atom. The third kappa shape index (κ3) is 15.0. The fourth-order valence-corrected chi connectivity index (χ4v) is 5.17. The Bertz CT molecular complexity index is 1200. The maximum absolute atomic E-state index is 13.3. The van der Waals surface area contributed by atoms with E-state index in [2.05, 4.69) is 26.4 Å². The number of sulfone groups is 1. The van der Waals surface area contributed by atoms with Crippen molar-refractivity contribution in [1.82, 2.24) is 31.0 Å². The van der Waals surface area contributed by atoms with Crippen LogP contribution in [0.15, 0.2) is 12.3 Å². The standard InChI is InChI=1S/C29H52N6O8S/c1-17(2)12-22(24(36)13-20(7)26(37)33-25(19(5)6)28(39)30-14-18(3)4)31-27(38)23(16-44(9,41)42)32-29(40)43-15-21-10-11-35(8)34-21/h10-11,17-20,22-25,36H,12-16H2,1-9H3,(H,30,39)(H,31,38)(H,32,40)(H,33,37)/t20-,22+,23+,24+,25+/m1/s1. The first kappa shape index (κ1) is 38.8. The van der Waals surface area contributed by atoms with Gasteiger partial charge in [0.2, 0.25) is 17.7 Å². The molecule has 0 saturated heterocycles. The van der Waals surface area contributed by atoms with Crippen LogP contribution in [0.1, 0.15) is 67.0 Å². The molecule has 44 heavy (non-hydrogen) atoms. The molecule has 0 spiro atoms. The largest absolute Gasteiger partial charge is 0.443 e. The molecule has 5 atom stereocenters. The number of ether oxygens (including phenoxy) is 1. The van der Waals surface area contributed by atoms with Gasteiger partial charge in [0.25, 0.3) is 0 Å². The Morgan fingerprint density at radius 1 is 0.932 bits per heavy atom. The second-order valence-electron chi connectivity index (χ2n) is 12.7. The zero-order valence-electron chi connectivity index (χ0n) is 27.4. The highest BCUT2D eigenvalue weighted by molar-refractivity contribution is 7.90. The van der Waals surface area contributed by atoms with Gasteiger partial charge in [-0.2, -0.15) is 5.10 Å². The van der Waals surface area contributed by atoms with Gasteiger partial charge in [-0.25, -0.2) is 13.2 Å². The highest BCUT2D eigenvalue weighted by Gasteiger charge is 2.33. The van der Waals surface area contributed by atoms with Gasteiger partial charge in [0.1, 0.15) is 28.5 Å². The minimum Gasteiger partial charge on any atom is -0.443 e. The molecule has 0 aliphatic rings. The lowest BCUT2D eigenvalue weighted by Gasteiger charge is -2.30. The van der Waals surface area contributed by atoms with Crippen molar-refractivity contribution in [2.24, 2.45) is 30.7 Å². The molecule has 5 N–H and O–H groups in total. The Hall–Kier alpha value is -3.20. The number of alkyl carbamates (subject to hydrolysis) is 1. The number of aromatic nitrogens is 2. The number of aryl methyl sites for hydroxylation is 1. The van der Waals surface area contributed by atoms with Gasteiger partial charge in [-0.05, 0) is 36.7 Å². The highest BCUT2D eigenvalue weighted by atomic mass is 32.2. The van der Waals surface area contributed by atoms with Crippen LogP contribution in [0.25, 0.3) is 0 Å². The van der Waals surface area contributed by atoms with E-state index in [4.69, 9.17) is 4.74 Å². The van der Waals surface area contributed by atoms with E-state index in [-0.39, 0.29) is 36.7 Å². The van der Waals surface area contributed by atoms with Crippen LogP contribution in [0, 0.1) is 23.7 Å². The van der Waals surface area contributed by atoms with Gasteiger partial charge in [0.05, 0.1) is 23.6 Å². The number of carbonyl (C=O) groups is 4. The molecule has 1 rings (SSSR count). The van der Waals surface area contributed by atoms with Gasteiger partial charge in [0.15, 0.2) is 0 Å². The lowest BCUT2D eigenvalue weighted by molar-refractivity contribution is -0.132. The fraction of sp³-hybridized carbons (Fsp3) is 0.759. The molecule has 252 valence electrons. The first-order valence-electron chi connectivity index (χ1n) is 14.9. The van der Waals surface area contributed by atoms with Gasteiger partial charge < -0.3 is 31.1 Å². The Labute approximate surface area is 261 Å². The second kappa shape index (κ2) is 17.9. The van der Waals surface area contributed by atoms with Crippen molar-refractivity contribution in [2.75, 3.05) is 18.6 Å². The molecule has 1 heterocycles. The molecule has 0 bridgehead atoms. The Balaban J connectivity index is 2.95.